The van der Waals surface area contributed by atoms with Gasteiger partial charge in [0.15, 0.2) is 0 Å². The van der Waals surface area contributed by atoms with E-state index in [4.69, 9.17) is 17.3 Å². The van der Waals surface area contributed by atoms with E-state index in [0.717, 1.165) is 37.2 Å². The van der Waals surface area contributed by atoms with Crippen molar-refractivity contribution in [3.63, 3.8) is 0 Å². The molecule has 2 heterocycles. The van der Waals surface area contributed by atoms with Gasteiger partial charge in [0.05, 0.1) is 11.0 Å². The topological polar surface area (TPSA) is 50.3 Å². The van der Waals surface area contributed by atoms with Gasteiger partial charge in [0.1, 0.15) is 0 Å². The number of likely N-dealkylation sites (N-methyl/N-ethyl adjacent to an activating group) is 1. The number of nitrogen functional groups attached to an aromatic ring is 1. The molecular weight excluding hydrogens is 250 g/mol. The van der Waals surface area contributed by atoms with E-state index in [1.165, 1.54) is 0 Å². The maximum Gasteiger partial charge on any atom is 0.220 e. The molecule has 3 rings (SSSR count). The standard InChI is InChI=1S/C12H16ClN5/c1-16-4-6-17(7-5-16)18-11-8-9(13)2-3-10(11)15-12(18)14/h2-3,8H,4-7H2,1H3,(H2,14,15). The Balaban J connectivity index is 2.05. The van der Waals surface area contributed by atoms with Crippen molar-refractivity contribution in [2.45, 2.75) is 0 Å². The van der Waals surface area contributed by atoms with Gasteiger partial charge in [-0.2, -0.15) is 0 Å². The number of hydrogen-bond acceptors (Lipinski definition) is 4. The number of nitrogens with two attached hydrogens (primary N) is 1. The van der Waals surface area contributed by atoms with Crippen LogP contribution in [0, 0.1) is 0 Å². The molecule has 18 heavy (non-hydrogen) atoms. The van der Waals surface area contributed by atoms with Crippen LogP contribution in [0.1, 0.15) is 0 Å². The number of benzene rings is 1. The second-order valence-electron chi connectivity index (χ2n) is 4.67. The summed E-state index contributed by atoms with van der Waals surface area (Å²) in [6, 6.07) is 5.66. The number of rotatable bonds is 1. The zero-order valence-electron chi connectivity index (χ0n) is 10.3. The number of nitrogens with zero attached hydrogens (tertiary/aromatic N) is 4. The lowest BCUT2D eigenvalue weighted by atomic mass is 10.3. The van der Waals surface area contributed by atoms with Crippen LogP contribution in [0.3, 0.4) is 0 Å². The fourth-order valence-corrected chi connectivity index (χ4v) is 2.51. The average Bonchev–Trinajstić information content (AvgIpc) is 2.66. The van der Waals surface area contributed by atoms with E-state index >= 15 is 0 Å². The molecule has 2 N–H and O–H groups in total. The van der Waals surface area contributed by atoms with Crippen molar-refractivity contribution in [1.29, 1.82) is 0 Å². The second-order valence-corrected chi connectivity index (χ2v) is 5.11. The van der Waals surface area contributed by atoms with Gasteiger partial charge in [-0.3, -0.25) is 0 Å². The van der Waals surface area contributed by atoms with Crippen molar-refractivity contribution < 1.29 is 0 Å². The average molecular weight is 266 g/mol. The normalized spacial score (nSPS) is 17.6. The highest BCUT2D eigenvalue weighted by Gasteiger charge is 2.18. The van der Waals surface area contributed by atoms with Crippen LogP contribution < -0.4 is 10.7 Å². The molecule has 0 bridgehead atoms. The molecule has 6 heteroatoms. The van der Waals surface area contributed by atoms with Crippen molar-refractivity contribution in [2.24, 2.45) is 0 Å². The number of fused-ring (bicyclic) bond motifs is 1. The van der Waals surface area contributed by atoms with Crippen molar-refractivity contribution in [3.8, 4) is 0 Å². The van der Waals surface area contributed by atoms with Gasteiger partial charge < -0.3 is 15.6 Å². The summed E-state index contributed by atoms with van der Waals surface area (Å²) in [4.78, 5) is 6.68. The largest absolute Gasteiger partial charge is 0.368 e. The smallest absolute Gasteiger partial charge is 0.220 e. The minimum absolute atomic E-state index is 0.525. The van der Waals surface area contributed by atoms with Gasteiger partial charge in [-0.25, -0.2) is 9.66 Å². The van der Waals surface area contributed by atoms with Gasteiger partial charge >= 0.3 is 0 Å². The van der Waals surface area contributed by atoms with Crippen molar-refractivity contribution >= 4 is 28.6 Å². The molecule has 0 aliphatic carbocycles. The van der Waals surface area contributed by atoms with Crippen molar-refractivity contribution in [2.75, 3.05) is 44.0 Å². The van der Waals surface area contributed by atoms with Gasteiger partial charge in [0.2, 0.25) is 5.95 Å². The third-order valence-electron chi connectivity index (χ3n) is 3.38. The molecule has 1 aliphatic heterocycles. The van der Waals surface area contributed by atoms with Gasteiger partial charge in [0.25, 0.3) is 0 Å². The first-order valence-corrected chi connectivity index (χ1v) is 6.40. The molecule has 2 aromatic rings. The predicted molar refractivity (Wildman–Crippen MR) is 74.6 cm³/mol. The first-order chi connectivity index (χ1) is 8.65. The molecule has 1 aromatic carbocycles. The van der Waals surface area contributed by atoms with Crippen LogP contribution in [-0.2, 0) is 0 Å². The number of hydrogen-bond donors (Lipinski definition) is 1. The fraction of sp³-hybridized carbons (Fsp3) is 0.417. The Morgan fingerprint density at radius 1 is 1.22 bits per heavy atom. The molecule has 0 unspecified atom stereocenters. The Bertz CT molecular complexity index is 571. The van der Waals surface area contributed by atoms with E-state index in [1.807, 2.05) is 22.9 Å². The first-order valence-electron chi connectivity index (χ1n) is 6.02. The number of anilines is 1. The van der Waals surface area contributed by atoms with E-state index < -0.39 is 0 Å². The molecule has 0 amide bonds. The molecule has 96 valence electrons. The van der Waals surface area contributed by atoms with Crippen molar-refractivity contribution in [1.82, 2.24) is 14.6 Å². The van der Waals surface area contributed by atoms with Crippen LogP contribution >= 0.6 is 11.6 Å². The maximum atomic E-state index is 6.05. The summed E-state index contributed by atoms with van der Waals surface area (Å²) in [5.74, 6) is 0.525. The van der Waals surface area contributed by atoms with Gasteiger partial charge in [-0.05, 0) is 25.2 Å². The minimum atomic E-state index is 0.525. The Labute approximate surface area is 111 Å². The van der Waals surface area contributed by atoms with E-state index in [0.29, 0.717) is 11.0 Å². The third kappa shape index (κ3) is 1.89. The second kappa shape index (κ2) is 4.33. The number of piperazine rings is 1. The third-order valence-corrected chi connectivity index (χ3v) is 3.62. The number of imidazole rings is 1. The Hall–Kier alpha value is -1.46. The summed E-state index contributed by atoms with van der Waals surface area (Å²) >= 11 is 6.05. The van der Waals surface area contributed by atoms with E-state index in [9.17, 15) is 0 Å². The SMILES string of the molecule is CN1CCN(n2c(N)nc3ccc(Cl)cc32)CC1. The van der Waals surface area contributed by atoms with Crippen LogP contribution in [0.4, 0.5) is 5.95 Å². The first kappa shape index (κ1) is 11.6. The van der Waals surface area contributed by atoms with E-state index in [1.54, 1.807) is 0 Å². The Kier molecular flexibility index (Phi) is 2.80. The highest BCUT2D eigenvalue weighted by atomic mass is 35.5. The van der Waals surface area contributed by atoms with Crippen LogP contribution in [0.5, 0.6) is 0 Å². The maximum absolute atomic E-state index is 6.05. The van der Waals surface area contributed by atoms with Gasteiger partial charge in [-0.15, -0.1) is 0 Å². The fourth-order valence-electron chi connectivity index (χ4n) is 2.35. The Morgan fingerprint density at radius 3 is 2.67 bits per heavy atom. The van der Waals surface area contributed by atoms with Gasteiger partial charge in [-0.1, -0.05) is 11.6 Å². The summed E-state index contributed by atoms with van der Waals surface area (Å²) in [7, 11) is 2.13. The molecule has 0 spiro atoms. The van der Waals surface area contributed by atoms with Crippen LogP contribution in [0.15, 0.2) is 18.2 Å². The van der Waals surface area contributed by atoms with E-state index in [-0.39, 0.29) is 0 Å². The summed E-state index contributed by atoms with van der Waals surface area (Å²) < 4.78 is 1.98. The summed E-state index contributed by atoms with van der Waals surface area (Å²) in [5, 5.41) is 2.93. The zero-order chi connectivity index (χ0) is 12.7. The minimum Gasteiger partial charge on any atom is -0.368 e. The molecule has 0 saturated carbocycles. The molecule has 0 atom stereocenters. The number of halogens is 1. The Morgan fingerprint density at radius 2 is 1.94 bits per heavy atom. The van der Waals surface area contributed by atoms with Crippen molar-refractivity contribution in [3.05, 3.63) is 23.2 Å². The molecule has 1 fully saturated rings. The highest BCUT2D eigenvalue weighted by molar-refractivity contribution is 6.31. The summed E-state index contributed by atoms with van der Waals surface area (Å²) in [5.41, 5.74) is 7.88. The van der Waals surface area contributed by atoms with Crippen LogP contribution in [-0.4, -0.2) is 47.8 Å². The summed E-state index contributed by atoms with van der Waals surface area (Å²) in [6.07, 6.45) is 0. The highest BCUT2D eigenvalue weighted by Crippen LogP contribution is 2.22. The molecule has 0 radical (unpaired) electrons. The monoisotopic (exact) mass is 265 g/mol. The molecule has 1 aromatic heterocycles. The lowest BCUT2D eigenvalue weighted by Crippen LogP contribution is -2.50. The molecule has 1 aliphatic rings. The quantitative estimate of drug-likeness (QED) is 0.841. The van der Waals surface area contributed by atoms with Crippen LogP contribution in [0.2, 0.25) is 5.02 Å². The zero-order valence-corrected chi connectivity index (χ0v) is 11.1. The summed E-state index contributed by atoms with van der Waals surface area (Å²) in [6.45, 7) is 3.94. The van der Waals surface area contributed by atoms with Gasteiger partial charge in [0, 0.05) is 31.2 Å². The molecule has 5 nitrogen and oxygen atoms in total. The lowest BCUT2D eigenvalue weighted by Gasteiger charge is -2.35. The predicted octanol–water partition coefficient (Wildman–Crippen LogP) is 1.16. The molecular formula is C12H16ClN5. The lowest BCUT2D eigenvalue weighted by molar-refractivity contribution is 0.290. The van der Waals surface area contributed by atoms with E-state index in [2.05, 4.69) is 21.9 Å². The molecule has 1 saturated heterocycles. The van der Waals surface area contributed by atoms with Crippen LogP contribution in [0.25, 0.3) is 11.0 Å². The number of aromatic nitrogens is 2.